The summed E-state index contributed by atoms with van der Waals surface area (Å²) in [5.41, 5.74) is 4.99. The number of amides is 1. The number of carbonyl (C=O) groups excluding carboxylic acids is 1. The Balaban J connectivity index is 2.44. The van der Waals surface area contributed by atoms with Crippen molar-refractivity contribution in [1.82, 2.24) is 4.98 Å². The Hall–Kier alpha value is -2.48. The first-order valence-corrected chi connectivity index (χ1v) is 6.13. The van der Waals surface area contributed by atoms with Crippen LogP contribution in [0.4, 0.5) is 5.69 Å². The average molecular weight is 338 g/mol. The summed E-state index contributed by atoms with van der Waals surface area (Å²) in [4.78, 5) is 25.3. The van der Waals surface area contributed by atoms with Crippen molar-refractivity contribution in [3.05, 3.63) is 56.8 Å². The molecule has 1 aromatic carbocycles. The molecular weight excluding hydrogens is 330 g/mol. The van der Waals surface area contributed by atoms with E-state index >= 15 is 0 Å². The monoisotopic (exact) mass is 337 g/mol. The van der Waals surface area contributed by atoms with E-state index in [1.807, 2.05) is 0 Å². The van der Waals surface area contributed by atoms with Crippen molar-refractivity contribution in [2.45, 2.75) is 0 Å². The highest BCUT2D eigenvalue weighted by molar-refractivity contribution is 9.10. The van der Waals surface area contributed by atoms with Gasteiger partial charge in [0.1, 0.15) is 5.75 Å². The third-order valence-electron chi connectivity index (χ3n) is 2.35. The summed E-state index contributed by atoms with van der Waals surface area (Å²) in [5.74, 6) is -0.479. The molecule has 2 rings (SSSR count). The second-order valence-electron chi connectivity index (χ2n) is 3.74. The van der Waals surface area contributed by atoms with Crippen LogP contribution in [-0.2, 0) is 0 Å². The smallest absolute Gasteiger partial charge is 0.311 e. The number of primary amides is 1. The van der Waals surface area contributed by atoms with E-state index in [-0.39, 0.29) is 17.0 Å². The van der Waals surface area contributed by atoms with E-state index in [0.29, 0.717) is 10.2 Å². The standard InChI is InChI=1S/C12H8BrN3O4/c13-8-4-9(6-15-5-8)20-11-3-7(12(14)17)1-2-10(11)16(18)19/h1-6H,(H2,14,17). The Kier molecular flexibility index (Phi) is 3.94. The van der Waals surface area contributed by atoms with Gasteiger partial charge in [0, 0.05) is 28.4 Å². The third kappa shape index (κ3) is 3.09. The van der Waals surface area contributed by atoms with Gasteiger partial charge < -0.3 is 10.5 Å². The maximum Gasteiger partial charge on any atom is 0.311 e. The fourth-order valence-corrected chi connectivity index (χ4v) is 1.82. The number of carbonyl (C=O) groups is 1. The summed E-state index contributed by atoms with van der Waals surface area (Å²) < 4.78 is 6.06. The number of hydrogen-bond acceptors (Lipinski definition) is 5. The van der Waals surface area contributed by atoms with Crippen LogP contribution in [0.15, 0.2) is 41.1 Å². The van der Waals surface area contributed by atoms with Crippen LogP contribution in [0.2, 0.25) is 0 Å². The zero-order valence-electron chi connectivity index (χ0n) is 9.95. The van der Waals surface area contributed by atoms with Gasteiger partial charge in [0.2, 0.25) is 11.7 Å². The van der Waals surface area contributed by atoms with Gasteiger partial charge in [-0.15, -0.1) is 0 Å². The van der Waals surface area contributed by atoms with Crippen molar-refractivity contribution in [1.29, 1.82) is 0 Å². The maximum absolute atomic E-state index is 11.1. The first-order valence-electron chi connectivity index (χ1n) is 5.34. The molecule has 102 valence electrons. The predicted octanol–water partition coefficient (Wildman–Crippen LogP) is 2.64. The Labute approximate surface area is 121 Å². The largest absolute Gasteiger partial charge is 0.448 e. The summed E-state index contributed by atoms with van der Waals surface area (Å²) in [6.07, 6.45) is 2.94. The number of pyridine rings is 1. The fraction of sp³-hybridized carbons (Fsp3) is 0. The van der Waals surface area contributed by atoms with Crippen LogP contribution >= 0.6 is 15.9 Å². The van der Waals surface area contributed by atoms with Crippen molar-refractivity contribution in [2.24, 2.45) is 5.73 Å². The summed E-state index contributed by atoms with van der Waals surface area (Å²) in [7, 11) is 0. The van der Waals surface area contributed by atoms with Crippen LogP contribution in [-0.4, -0.2) is 15.8 Å². The summed E-state index contributed by atoms with van der Waals surface area (Å²) in [5, 5.41) is 10.9. The zero-order chi connectivity index (χ0) is 14.7. The molecule has 2 N–H and O–H groups in total. The van der Waals surface area contributed by atoms with Crippen molar-refractivity contribution in [3.8, 4) is 11.5 Å². The molecule has 2 aromatic rings. The van der Waals surface area contributed by atoms with Gasteiger partial charge in [-0.3, -0.25) is 19.9 Å². The molecule has 0 aliphatic carbocycles. The quantitative estimate of drug-likeness (QED) is 0.681. The van der Waals surface area contributed by atoms with E-state index in [1.54, 1.807) is 12.3 Å². The molecule has 0 bridgehead atoms. The van der Waals surface area contributed by atoms with Crippen LogP contribution in [0, 0.1) is 10.1 Å². The van der Waals surface area contributed by atoms with Crippen LogP contribution in [0.3, 0.4) is 0 Å². The lowest BCUT2D eigenvalue weighted by Crippen LogP contribution is -2.11. The number of aromatic nitrogens is 1. The Morgan fingerprint density at radius 2 is 2.10 bits per heavy atom. The van der Waals surface area contributed by atoms with E-state index in [0.717, 1.165) is 0 Å². The zero-order valence-corrected chi connectivity index (χ0v) is 11.5. The third-order valence-corrected chi connectivity index (χ3v) is 2.78. The topological polar surface area (TPSA) is 108 Å². The van der Waals surface area contributed by atoms with Crippen molar-refractivity contribution in [3.63, 3.8) is 0 Å². The van der Waals surface area contributed by atoms with E-state index in [9.17, 15) is 14.9 Å². The molecule has 0 fully saturated rings. The highest BCUT2D eigenvalue weighted by atomic mass is 79.9. The number of nitrogens with zero attached hydrogens (tertiary/aromatic N) is 2. The van der Waals surface area contributed by atoms with Gasteiger partial charge in [-0.1, -0.05) is 0 Å². The van der Waals surface area contributed by atoms with Gasteiger partial charge in [-0.2, -0.15) is 0 Å². The van der Waals surface area contributed by atoms with Gasteiger partial charge >= 0.3 is 5.69 Å². The average Bonchev–Trinajstić information content (AvgIpc) is 2.38. The van der Waals surface area contributed by atoms with Crippen LogP contribution in [0.5, 0.6) is 11.5 Å². The maximum atomic E-state index is 11.1. The van der Waals surface area contributed by atoms with Gasteiger partial charge in [0.25, 0.3) is 0 Å². The Bertz CT molecular complexity index is 690. The van der Waals surface area contributed by atoms with Crippen LogP contribution < -0.4 is 10.5 Å². The van der Waals surface area contributed by atoms with Crippen LogP contribution in [0.1, 0.15) is 10.4 Å². The SMILES string of the molecule is NC(=O)c1ccc([N+](=O)[O-])c(Oc2cncc(Br)c2)c1. The molecule has 0 saturated carbocycles. The Morgan fingerprint density at radius 1 is 1.35 bits per heavy atom. The van der Waals surface area contributed by atoms with E-state index in [4.69, 9.17) is 10.5 Å². The molecule has 1 amide bonds. The minimum Gasteiger partial charge on any atom is -0.448 e. The molecule has 20 heavy (non-hydrogen) atoms. The number of nitro benzene ring substituents is 1. The summed E-state index contributed by atoms with van der Waals surface area (Å²) in [6, 6.07) is 5.25. The van der Waals surface area contributed by atoms with Crippen molar-refractivity contribution >= 4 is 27.5 Å². The molecule has 0 radical (unpaired) electrons. The number of hydrogen-bond donors (Lipinski definition) is 1. The van der Waals surface area contributed by atoms with Crippen molar-refractivity contribution < 1.29 is 14.5 Å². The lowest BCUT2D eigenvalue weighted by Gasteiger charge is -2.07. The summed E-state index contributed by atoms with van der Waals surface area (Å²) >= 11 is 3.21. The van der Waals surface area contributed by atoms with E-state index < -0.39 is 10.8 Å². The molecule has 1 heterocycles. The van der Waals surface area contributed by atoms with Gasteiger partial charge in [-0.25, -0.2) is 0 Å². The highest BCUT2D eigenvalue weighted by Gasteiger charge is 2.18. The molecule has 8 heteroatoms. The van der Waals surface area contributed by atoms with Gasteiger partial charge in [0.05, 0.1) is 11.1 Å². The van der Waals surface area contributed by atoms with Crippen molar-refractivity contribution in [2.75, 3.05) is 0 Å². The molecule has 0 saturated heterocycles. The lowest BCUT2D eigenvalue weighted by atomic mass is 10.2. The molecule has 0 atom stereocenters. The minimum atomic E-state index is -0.697. The summed E-state index contributed by atoms with van der Waals surface area (Å²) in [6.45, 7) is 0. The molecular formula is C12H8BrN3O4. The predicted molar refractivity (Wildman–Crippen MR) is 73.6 cm³/mol. The number of ether oxygens (including phenoxy) is 1. The van der Waals surface area contributed by atoms with Crippen LogP contribution in [0.25, 0.3) is 0 Å². The van der Waals surface area contributed by atoms with Gasteiger partial charge in [-0.05, 0) is 28.1 Å². The lowest BCUT2D eigenvalue weighted by molar-refractivity contribution is -0.385. The molecule has 1 aromatic heterocycles. The van der Waals surface area contributed by atoms with E-state index in [2.05, 4.69) is 20.9 Å². The number of nitrogens with two attached hydrogens (primary N) is 1. The normalized spacial score (nSPS) is 10.1. The molecule has 0 spiro atoms. The molecule has 7 nitrogen and oxygen atoms in total. The number of halogens is 1. The van der Waals surface area contributed by atoms with Gasteiger partial charge in [0.15, 0.2) is 0 Å². The number of rotatable bonds is 4. The fourth-order valence-electron chi connectivity index (χ4n) is 1.48. The second-order valence-corrected chi connectivity index (χ2v) is 4.66. The molecule has 0 aliphatic heterocycles. The molecule has 0 unspecified atom stereocenters. The first-order chi connectivity index (χ1) is 9.47. The molecule has 0 aliphatic rings. The minimum absolute atomic E-state index is 0.0776. The first kappa shape index (κ1) is 13.9. The Morgan fingerprint density at radius 3 is 2.70 bits per heavy atom. The highest BCUT2D eigenvalue weighted by Crippen LogP contribution is 2.32. The number of nitro groups is 1. The van der Waals surface area contributed by atoms with E-state index in [1.165, 1.54) is 24.4 Å². The second kappa shape index (κ2) is 5.66. The number of benzene rings is 1.